The molecule has 11 heteroatoms. The summed E-state index contributed by atoms with van der Waals surface area (Å²) in [6, 6.07) is 14.0. The maximum Gasteiger partial charge on any atom is 0.290 e. The second kappa shape index (κ2) is 13.6. The number of hydrogen-bond acceptors (Lipinski definition) is 8. The number of ether oxygens (including phenoxy) is 2. The van der Waals surface area contributed by atoms with Gasteiger partial charge >= 0.3 is 0 Å². The number of carbonyl (C=O) groups is 2. The fourth-order valence-corrected chi connectivity index (χ4v) is 6.06. The lowest BCUT2D eigenvalue weighted by Gasteiger charge is -2.49. The summed E-state index contributed by atoms with van der Waals surface area (Å²) < 4.78 is 11.2. The van der Waals surface area contributed by atoms with Crippen molar-refractivity contribution in [2.75, 3.05) is 44.8 Å². The average Bonchev–Trinajstić information content (AvgIpc) is 2.98. The van der Waals surface area contributed by atoms with Crippen molar-refractivity contribution < 1.29 is 24.2 Å². The van der Waals surface area contributed by atoms with Crippen LogP contribution in [0.25, 0.3) is 11.3 Å². The number of halogens is 1. The van der Waals surface area contributed by atoms with Crippen molar-refractivity contribution in [3.63, 3.8) is 0 Å². The largest absolute Gasteiger partial charge is 0.495 e. The number of piperidine rings is 1. The summed E-state index contributed by atoms with van der Waals surface area (Å²) in [6.07, 6.45) is 3.79. The molecule has 0 unspecified atom stereocenters. The van der Waals surface area contributed by atoms with Gasteiger partial charge in [-0.05, 0) is 55.7 Å². The fraction of sp³-hybridized carbons (Fsp3) is 0.400. The number of methoxy groups -OCH3 is 1. The quantitative estimate of drug-likeness (QED) is 0.395. The Balaban J connectivity index is 0.00000124. The van der Waals surface area contributed by atoms with Gasteiger partial charge in [-0.25, -0.2) is 4.98 Å². The van der Waals surface area contributed by atoms with Crippen molar-refractivity contribution in [3.8, 4) is 22.9 Å². The van der Waals surface area contributed by atoms with Crippen LogP contribution in [0.5, 0.6) is 11.6 Å². The molecule has 1 amide bonds. The molecule has 3 N–H and O–H groups in total. The molecule has 0 saturated carbocycles. The van der Waals surface area contributed by atoms with Gasteiger partial charge in [-0.1, -0.05) is 23.7 Å². The number of nitrogens with two attached hydrogens (primary N) is 1. The van der Waals surface area contributed by atoms with E-state index in [9.17, 15) is 4.79 Å². The fourth-order valence-electron chi connectivity index (χ4n) is 5.74. The minimum atomic E-state index is -0.250. The van der Waals surface area contributed by atoms with Gasteiger partial charge in [0.1, 0.15) is 10.8 Å². The van der Waals surface area contributed by atoms with E-state index in [0.29, 0.717) is 49.3 Å². The number of hydrogen-bond donors (Lipinski definition) is 2. The van der Waals surface area contributed by atoms with Crippen LogP contribution in [0.3, 0.4) is 0 Å². The maximum atomic E-state index is 13.1. The number of benzene rings is 1. The summed E-state index contributed by atoms with van der Waals surface area (Å²) in [5.74, 6) is 1.30. The molecule has 1 spiro atoms. The van der Waals surface area contributed by atoms with Crippen molar-refractivity contribution in [2.24, 2.45) is 5.73 Å². The summed E-state index contributed by atoms with van der Waals surface area (Å²) in [7, 11) is 1.63. The number of amides is 1. The van der Waals surface area contributed by atoms with Crippen LogP contribution in [-0.4, -0.2) is 72.2 Å². The molecule has 41 heavy (non-hydrogen) atoms. The van der Waals surface area contributed by atoms with Crippen LogP contribution >= 0.6 is 11.6 Å². The second-order valence-electron chi connectivity index (χ2n) is 9.93. The van der Waals surface area contributed by atoms with Gasteiger partial charge in [-0.2, -0.15) is 0 Å². The summed E-state index contributed by atoms with van der Waals surface area (Å²) in [5, 5.41) is 7.52. The van der Waals surface area contributed by atoms with Crippen LogP contribution in [0.1, 0.15) is 37.4 Å². The van der Waals surface area contributed by atoms with Crippen molar-refractivity contribution >= 4 is 29.7 Å². The molecule has 2 aliphatic heterocycles. The first-order valence-electron chi connectivity index (χ1n) is 13.6. The van der Waals surface area contributed by atoms with Crippen LogP contribution in [0.4, 0.5) is 5.69 Å². The molecular weight excluding hydrogens is 546 g/mol. The molecule has 0 atom stereocenters. The number of pyridine rings is 2. The molecule has 10 nitrogen and oxygen atoms in total. The number of nitrogens with zero attached hydrogens (tertiary/aromatic N) is 4. The summed E-state index contributed by atoms with van der Waals surface area (Å²) in [6.45, 7) is 5.30. The predicted molar refractivity (Wildman–Crippen MR) is 158 cm³/mol. The third kappa shape index (κ3) is 6.39. The minimum absolute atomic E-state index is 0.0689. The van der Waals surface area contributed by atoms with E-state index in [2.05, 4.69) is 22.0 Å². The van der Waals surface area contributed by atoms with Crippen LogP contribution in [0, 0.1) is 0 Å². The third-order valence-corrected chi connectivity index (χ3v) is 8.02. The highest BCUT2D eigenvalue weighted by atomic mass is 35.5. The number of fused-ring (bicyclic) bond motifs is 2. The van der Waals surface area contributed by atoms with Crippen LogP contribution in [0.15, 0.2) is 48.7 Å². The first-order chi connectivity index (χ1) is 19.9. The number of carboxylic acid groups (broad SMARTS) is 1. The van der Waals surface area contributed by atoms with Gasteiger partial charge in [0.2, 0.25) is 11.8 Å². The SMILES string of the molecule is CCOc1ncccc1-c1ccc2c(n1)CN(C(=O)CCN)CC21CCN(c2cccc(OC)c2Cl)CC1.O=CO. The molecule has 2 aliphatic rings. The molecular formula is C30H36ClN5O5. The molecule has 4 heterocycles. The lowest BCUT2D eigenvalue weighted by atomic mass is 9.69. The van der Waals surface area contributed by atoms with Crippen LogP contribution in [-0.2, 0) is 21.5 Å². The number of aromatic nitrogens is 2. The van der Waals surface area contributed by atoms with Crippen molar-refractivity contribution in [3.05, 3.63) is 64.9 Å². The molecule has 0 aliphatic carbocycles. The normalized spacial score (nSPS) is 15.4. The molecule has 1 saturated heterocycles. The lowest BCUT2D eigenvalue weighted by molar-refractivity contribution is -0.133. The van der Waals surface area contributed by atoms with Gasteiger partial charge in [-0.15, -0.1) is 0 Å². The van der Waals surface area contributed by atoms with Crippen molar-refractivity contribution in [1.82, 2.24) is 14.9 Å². The molecule has 0 bridgehead atoms. The Kier molecular flexibility index (Phi) is 10.0. The molecule has 1 fully saturated rings. The van der Waals surface area contributed by atoms with E-state index in [-0.39, 0.29) is 17.8 Å². The first kappa shape index (κ1) is 30.1. The second-order valence-corrected chi connectivity index (χ2v) is 10.3. The summed E-state index contributed by atoms with van der Waals surface area (Å²) in [4.78, 5) is 35.2. The van der Waals surface area contributed by atoms with Gasteiger partial charge in [0.15, 0.2) is 0 Å². The smallest absolute Gasteiger partial charge is 0.290 e. The van der Waals surface area contributed by atoms with E-state index < -0.39 is 0 Å². The van der Waals surface area contributed by atoms with E-state index in [1.807, 2.05) is 42.2 Å². The van der Waals surface area contributed by atoms with Gasteiger partial charge in [0.25, 0.3) is 6.47 Å². The van der Waals surface area contributed by atoms with Crippen LogP contribution < -0.4 is 20.1 Å². The molecule has 1 aromatic carbocycles. The maximum absolute atomic E-state index is 13.1. The topological polar surface area (TPSA) is 131 Å². The minimum Gasteiger partial charge on any atom is -0.495 e. The average molecular weight is 582 g/mol. The summed E-state index contributed by atoms with van der Waals surface area (Å²) >= 11 is 6.65. The van der Waals surface area contributed by atoms with E-state index in [1.54, 1.807) is 13.3 Å². The Labute approximate surface area is 245 Å². The highest BCUT2D eigenvalue weighted by Crippen LogP contribution is 2.45. The zero-order valence-corrected chi connectivity index (χ0v) is 24.1. The third-order valence-electron chi connectivity index (χ3n) is 7.64. The van der Waals surface area contributed by atoms with Gasteiger partial charge in [0.05, 0.1) is 42.9 Å². The number of carbonyl (C=O) groups excluding carboxylic acids is 1. The lowest BCUT2D eigenvalue weighted by Crippen LogP contribution is -2.53. The van der Waals surface area contributed by atoms with E-state index in [0.717, 1.165) is 48.6 Å². The Bertz CT molecular complexity index is 1360. The van der Waals surface area contributed by atoms with Crippen molar-refractivity contribution in [2.45, 2.75) is 38.1 Å². The van der Waals surface area contributed by atoms with Gasteiger partial charge in [-0.3, -0.25) is 14.6 Å². The Morgan fingerprint density at radius 1 is 1.20 bits per heavy atom. The Morgan fingerprint density at radius 3 is 2.63 bits per heavy atom. The molecule has 0 radical (unpaired) electrons. The van der Waals surface area contributed by atoms with Gasteiger partial charge < -0.3 is 30.1 Å². The Morgan fingerprint density at radius 2 is 1.95 bits per heavy atom. The monoisotopic (exact) mass is 581 g/mol. The van der Waals surface area contributed by atoms with Crippen LogP contribution in [0.2, 0.25) is 5.02 Å². The molecule has 3 aromatic rings. The zero-order chi connectivity index (χ0) is 29.4. The van der Waals surface area contributed by atoms with E-state index in [4.69, 9.17) is 41.7 Å². The van der Waals surface area contributed by atoms with Gasteiger partial charge in [0, 0.05) is 44.2 Å². The zero-order valence-electron chi connectivity index (χ0n) is 23.4. The van der Waals surface area contributed by atoms with Crippen molar-refractivity contribution in [1.29, 1.82) is 0 Å². The molecule has 5 rings (SSSR count). The molecule has 2 aromatic heterocycles. The summed E-state index contributed by atoms with van der Waals surface area (Å²) in [5.41, 5.74) is 10.3. The highest BCUT2D eigenvalue weighted by molar-refractivity contribution is 6.34. The standard InChI is InChI=1S/C29H34ClN5O3.CH2O2/c1-3-38-28-20(6-5-15-32-28)22-10-9-21-23(33-22)18-35(26(36)11-14-31)19-29(21)12-16-34(17-13-29)24-7-4-8-25(37-2)27(24)30;2-1-3/h4-10,15H,3,11-14,16-19,31H2,1-2H3;1H,(H,2,3). The van der Waals surface area contributed by atoms with E-state index in [1.165, 1.54) is 5.56 Å². The number of rotatable bonds is 7. The molecule has 218 valence electrons. The first-order valence-corrected chi connectivity index (χ1v) is 14.0. The van der Waals surface area contributed by atoms with E-state index >= 15 is 0 Å². The highest BCUT2D eigenvalue weighted by Gasteiger charge is 2.44. The number of anilines is 1. The predicted octanol–water partition coefficient (Wildman–Crippen LogP) is 4.13. The Hall–Kier alpha value is -3.89.